The summed E-state index contributed by atoms with van der Waals surface area (Å²) in [4.78, 5) is 2.43. The quantitative estimate of drug-likeness (QED) is 0.916. The summed E-state index contributed by atoms with van der Waals surface area (Å²) >= 11 is 0. The predicted molar refractivity (Wildman–Crippen MR) is 81.8 cm³/mol. The van der Waals surface area contributed by atoms with Gasteiger partial charge < -0.3 is 10.2 Å². The Hall–Kier alpha value is -1.53. The van der Waals surface area contributed by atoms with Crippen LogP contribution in [0.2, 0.25) is 0 Å². The maximum Gasteiger partial charge on any atom is 0.101 e. The van der Waals surface area contributed by atoms with Crippen LogP contribution < -0.4 is 10.2 Å². The minimum atomic E-state index is 0.651. The van der Waals surface area contributed by atoms with Crippen molar-refractivity contribution in [3.8, 4) is 6.07 Å². The molecule has 0 bridgehead atoms. The van der Waals surface area contributed by atoms with Crippen molar-refractivity contribution in [3.05, 3.63) is 29.3 Å². The molecule has 2 unspecified atom stereocenters. The van der Waals surface area contributed by atoms with Gasteiger partial charge >= 0.3 is 0 Å². The highest BCUT2D eigenvalue weighted by molar-refractivity contribution is 5.61. The van der Waals surface area contributed by atoms with E-state index in [1.807, 2.05) is 6.07 Å². The first-order valence-electron chi connectivity index (χ1n) is 7.66. The molecule has 2 aliphatic heterocycles. The summed E-state index contributed by atoms with van der Waals surface area (Å²) in [5.41, 5.74) is 3.33. The van der Waals surface area contributed by atoms with Crippen molar-refractivity contribution in [2.45, 2.75) is 20.3 Å². The molecule has 0 amide bonds. The van der Waals surface area contributed by atoms with Crippen LogP contribution in [0.25, 0.3) is 0 Å². The van der Waals surface area contributed by atoms with E-state index in [2.05, 4.69) is 42.3 Å². The van der Waals surface area contributed by atoms with Gasteiger partial charge in [0.25, 0.3) is 0 Å². The number of nitrogens with one attached hydrogen (secondary N) is 1. The van der Waals surface area contributed by atoms with Crippen LogP contribution in [0.5, 0.6) is 0 Å². The Morgan fingerprint density at radius 1 is 1.30 bits per heavy atom. The normalized spacial score (nSPS) is 25.0. The van der Waals surface area contributed by atoms with Crippen LogP contribution in [-0.4, -0.2) is 26.2 Å². The molecule has 2 saturated heterocycles. The molecule has 0 radical (unpaired) electrons. The largest absolute Gasteiger partial charge is 0.370 e. The first kappa shape index (κ1) is 13.5. The molecule has 0 aromatic heterocycles. The number of nitriles is 1. The average Bonchev–Trinajstić information content (AvgIpc) is 2.98. The Balaban J connectivity index is 1.85. The van der Waals surface area contributed by atoms with Crippen molar-refractivity contribution in [1.29, 1.82) is 5.26 Å². The molecule has 3 heteroatoms. The van der Waals surface area contributed by atoms with E-state index in [9.17, 15) is 5.26 Å². The maximum absolute atomic E-state index is 9.37. The number of hydrogen-bond donors (Lipinski definition) is 1. The Kier molecular flexibility index (Phi) is 3.67. The van der Waals surface area contributed by atoms with Crippen LogP contribution in [-0.2, 0) is 6.42 Å². The van der Waals surface area contributed by atoms with E-state index in [1.54, 1.807) is 0 Å². The number of benzene rings is 1. The fraction of sp³-hybridized carbons (Fsp3) is 0.588. The average molecular weight is 269 g/mol. The lowest BCUT2D eigenvalue weighted by molar-refractivity contribution is 0.533. The Labute approximate surface area is 121 Å². The van der Waals surface area contributed by atoms with Crippen LogP contribution in [0, 0.1) is 29.1 Å². The topological polar surface area (TPSA) is 39.1 Å². The third-order valence-electron chi connectivity index (χ3n) is 4.56. The van der Waals surface area contributed by atoms with E-state index in [-0.39, 0.29) is 0 Å². The second kappa shape index (κ2) is 5.46. The summed E-state index contributed by atoms with van der Waals surface area (Å²) in [5.74, 6) is 2.17. The van der Waals surface area contributed by atoms with Crippen molar-refractivity contribution in [3.63, 3.8) is 0 Å². The minimum absolute atomic E-state index is 0.651. The molecule has 0 aliphatic carbocycles. The van der Waals surface area contributed by atoms with E-state index >= 15 is 0 Å². The number of hydrogen-bond acceptors (Lipinski definition) is 3. The highest BCUT2D eigenvalue weighted by atomic mass is 15.2. The lowest BCUT2D eigenvalue weighted by atomic mass is 10.0. The Bertz CT molecular complexity index is 518. The number of rotatable bonds is 3. The fourth-order valence-electron chi connectivity index (χ4n) is 3.58. The van der Waals surface area contributed by atoms with Crippen molar-refractivity contribution < 1.29 is 0 Å². The van der Waals surface area contributed by atoms with Gasteiger partial charge in [0.1, 0.15) is 6.07 Å². The molecule has 106 valence electrons. The number of anilines is 1. The van der Waals surface area contributed by atoms with Crippen molar-refractivity contribution in [2.24, 2.45) is 17.8 Å². The van der Waals surface area contributed by atoms with E-state index in [0.29, 0.717) is 5.92 Å². The first-order chi connectivity index (χ1) is 9.67. The van der Waals surface area contributed by atoms with Gasteiger partial charge in [0.15, 0.2) is 0 Å². The zero-order chi connectivity index (χ0) is 14.1. The van der Waals surface area contributed by atoms with E-state index < -0.39 is 0 Å². The lowest BCUT2D eigenvalue weighted by Gasteiger charge is -2.22. The zero-order valence-electron chi connectivity index (χ0n) is 12.4. The van der Waals surface area contributed by atoms with E-state index in [4.69, 9.17) is 0 Å². The molecule has 2 aliphatic rings. The summed E-state index contributed by atoms with van der Waals surface area (Å²) in [6.45, 7) is 8.94. The van der Waals surface area contributed by atoms with Gasteiger partial charge in [0, 0.05) is 26.2 Å². The van der Waals surface area contributed by atoms with Gasteiger partial charge in [-0.1, -0.05) is 19.9 Å². The third kappa shape index (κ3) is 2.53. The molecule has 20 heavy (non-hydrogen) atoms. The fourth-order valence-corrected chi connectivity index (χ4v) is 3.58. The van der Waals surface area contributed by atoms with Crippen LogP contribution in [0.3, 0.4) is 0 Å². The second-order valence-corrected chi connectivity index (χ2v) is 6.64. The molecule has 3 nitrogen and oxygen atoms in total. The summed E-state index contributed by atoms with van der Waals surface area (Å²) in [5, 5.41) is 12.8. The molecule has 2 atom stereocenters. The third-order valence-corrected chi connectivity index (χ3v) is 4.56. The van der Waals surface area contributed by atoms with Gasteiger partial charge in [-0.3, -0.25) is 0 Å². The molecular formula is C17H23N3. The summed E-state index contributed by atoms with van der Waals surface area (Å²) < 4.78 is 0. The molecule has 0 spiro atoms. The molecule has 2 heterocycles. The smallest absolute Gasteiger partial charge is 0.101 e. The molecule has 3 rings (SSSR count). The molecule has 1 aromatic carbocycles. The first-order valence-corrected chi connectivity index (χ1v) is 7.66. The highest BCUT2D eigenvalue weighted by Crippen LogP contribution is 2.33. The van der Waals surface area contributed by atoms with Crippen molar-refractivity contribution >= 4 is 5.69 Å². The summed E-state index contributed by atoms with van der Waals surface area (Å²) in [6.07, 6.45) is 1.08. The second-order valence-electron chi connectivity index (χ2n) is 6.64. The molecule has 1 N–H and O–H groups in total. The molecule has 0 saturated carbocycles. The van der Waals surface area contributed by atoms with Crippen LogP contribution in [0.15, 0.2) is 18.2 Å². The Morgan fingerprint density at radius 2 is 2.00 bits per heavy atom. The minimum Gasteiger partial charge on any atom is -0.370 e. The standard InChI is InChI=1S/C17H23N3/c1-12(2)5-13-3-4-14(7-18)17(6-13)20-10-15-8-19-9-16(15)11-20/h3-4,6,12,15-16,19H,5,8-11H2,1-2H3. The van der Waals surface area contributed by atoms with Gasteiger partial charge in [0.2, 0.25) is 0 Å². The summed E-state index contributed by atoms with van der Waals surface area (Å²) in [7, 11) is 0. The van der Waals surface area contributed by atoms with Crippen LogP contribution in [0.4, 0.5) is 5.69 Å². The highest BCUT2D eigenvalue weighted by Gasteiger charge is 2.36. The lowest BCUT2D eigenvalue weighted by Crippen LogP contribution is -2.26. The van der Waals surface area contributed by atoms with Gasteiger partial charge in [-0.25, -0.2) is 0 Å². The van der Waals surface area contributed by atoms with Crippen LogP contribution in [0.1, 0.15) is 25.0 Å². The SMILES string of the molecule is CC(C)Cc1ccc(C#N)c(N2CC3CNCC3C2)c1. The maximum atomic E-state index is 9.37. The van der Waals surface area contributed by atoms with Crippen molar-refractivity contribution in [1.82, 2.24) is 5.32 Å². The van der Waals surface area contributed by atoms with Gasteiger partial charge in [-0.2, -0.15) is 5.26 Å². The monoisotopic (exact) mass is 269 g/mol. The van der Waals surface area contributed by atoms with E-state index in [1.165, 1.54) is 5.56 Å². The van der Waals surface area contributed by atoms with Gasteiger partial charge in [-0.15, -0.1) is 0 Å². The van der Waals surface area contributed by atoms with E-state index in [0.717, 1.165) is 55.7 Å². The molecular weight excluding hydrogens is 246 g/mol. The molecule has 1 aromatic rings. The van der Waals surface area contributed by atoms with Gasteiger partial charge in [0.05, 0.1) is 11.3 Å². The number of nitrogens with zero attached hydrogens (tertiary/aromatic N) is 2. The Morgan fingerprint density at radius 3 is 2.60 bits per heavy atom. The van der Waals surface area contributed by atoms with Gasteiger partial charge in [-0.05, 0) is 41.9 Å². The summed E-state index contributed by atoms with van der Waals surface area (Å²) in [6, 6.07) is 8.72. The molecule has 2 fully saturated rings. The zero-order valence-corrected chi connectivity index (χ0v) is 12.4. The predicted octanol–water partition coefficient (Wildman–Crippen LogP) is 2.41. The van der Waals surface area contributed by atoms with Crippen LogP contribution >= 0.6 is 0 Å². The number of fused-ring (bicyclic) bond motifs is 1. The van der Waals surface area contributed by atoms with Crippen molar-refractivity contribution in [2.75, 3.05) is 31.1 Å².